The molecule has 2 aromatic heterocycles. The summed E-state index contributed by atoms with van der Waals surface area (Å²) >= 11 is 1.64. The lowest BCUT2D eigenvalue weighted by Gasteiger charge is -2.25. The third kappa shape index (κ3) is 2.88. The predicted molar refractivity (Wildman–Crippen MR) is 94.1 cm³/mol. The van der Waals surface area contributed by atoms with Crippen molar-refractivity contribution in [3.63, 3.8) is 0 Å². The third-order valence-corrected chi connectivity index (χ3v) is 5.10. The Balaban J connectivity index is 1.56. The van der Waals surface area contributed by atoms with Gasteiger partial charge in [0.2, 0.25) is 0 Å². The Morgan fingerprint density at radius 1 is 1.29 bits per heavy atom. The number of morpholine rings is 1. The van der Waals surface area contributed by atoms with Crippen LogP contribution in [0.1, 0.15) is 16.1 Å². The second-order valence-electron chi connectivity index (χ2n) is 5.62. The van der Waals surface area contributed by atoms with Gasteiger partial charge in [-0.2, -0.15) is 0 Å². The number of ether oxygens (including phenoxy) is 1. The lowest BCUT2D eigenvalue weighted by molar-refractivity contribution is 0.102. The summed E-state index contributed by atoms with van der Waals surface area (Å²) in [6, 6.07) is 7.45. The molecule has 1 aliphatic heterocycles. The van der Waals surface area contributed by atoms with E-state index in [4.69, 9.17) is 9.15 Å². The fourth-order valence-electron chi connectivity index (χ4n) is 2.70. The molecule has 6 nitrogen and oxygen atoms in total. The van der Waals surface area contributed by atoms with Gasteiger partial charge in [-0.25, -0.2) is 4.98 Å². The molecule has 0 radical (unpaired) electrons. The van der Waals surface area contributed by atoms with Crippen LogP contribution in [0.5, 0.6) is 0 Å². The summed E-state index contributed by atoms with van der Waals surface area (Å²) in [5.41, 5.74) is 2.25. The van der Waals surface area contributed by atoms with Crippen LogP contribution in [0.25, 0.3) is 10.2 Å². The summed E-state index contributed by atoms with van der Waals surface area (Å²) in [5.74, 6) is 0.444. The molecule has 0 bridgehead atoms. The number of benzene rings is 1. The van der Waals surface area contributed by atoms with E-state index in [9.17, 15) is 4.79 Å². The maximum atomic E-state index is 12.3. The van der Waals surface area contributed by atoms with Crippen LogP contribution in [0.2, 0.25) is 0 Å². The molecule has 0 unspecified atom stereocenters. The number of amides is 1. The van der Waals surface area contributed by atoms with Crippen molar-refractivity contribution in [2.45, 2.75) is 6.92 Å². The van der Waals surface area contributed by atoms with Crippen molar-refractivity contribution in [3.8, 4) is 0 Å². The molecule has 124 valence electrons. The predicted octanol–water partition coefficient (Wildman–Crippen LogP) is 3.29. The van der Waals surface area contributed by atoms with Gasteiger partial charge in [0.25, 0.3) is 5.91 Å². The van der Waals surface area contributed by atoms with Gasteiger partial charge in [-0.15, -0.1) is 0 Å². The number of anilines is 2. The van der Waals surface area contributed by atoms with E-state index in [1.54, 1.807) is 24.3 Å². The molecule has 0 spiro atoms. The van der Waals surface area contributed by atoms with Crippen LogP contribution in [0.3, 0.4) is 0 Å². The molecule has 1 fully saturated rings. The summed E-state index contributed by atoms with van der Waals surface area (Å²) in [7, 11) is 0. The fraction of sp³-hybridized carbons (Fsp3) is 0.294. The molecule has 7 heteroatoms. The Hall–Kier alpha value is -2.38. The Bertz CT molecular complexity index is 880. The smallest absolute Gasteiger partial charge is 0.259 e. The first-order valence-corrected chi connectivity index (χ1v) is 8.61. The molecule has 4 rings (SSSR count). The number of aryl methyl sites for hydroxylation is 1. The number of rotatable bonds is 3. The van der Waals surface area contributed by atoms with Crippen LogP contribution >= 0.6 is 11.3 Å². The number of aromatic nitrogens is 1. The summed E-state index contributed by atoms with van der Waals surface area (Å²) in [4.78, 5) is 19.2. The molecule has 1 amide bonds. The van der Waals surface area contributed by atoms with Crippen LogP contribution in [0.4, 0.5) is 10.8 Å². The Morgan fingerprint density at radius 3 is 2.88 bits per heavy atom. The number of nitrogens with one attached hydrogen (secondary N) is 1. The molecule has 1 saturated heterocycles. The molecule has 1 N–H and O–H groups in total. The molecule has 1 aromatic carbocycles. The van der Waals surface area contributed by atoms with Crippen LogP contribution in [-0.4, -0.2) is 37.2 Å². The van der Waals surface area contributed by atoms with Gasteiger partial charge in [0.1, 0.15) is 5.76 Å². The Kier molecular flexibility index (Phi) is 3.95. The van der Waals surface area contributed by atoms with E-state index in [0.717, 1.165) is 47.3 Å². The zero-order chi connectivity index (χ0) is 16.5. The third-order valence-electron chi connectivity index (χ3n) is 4.02. The van der Waals surface area contributed by atoms with Gasteiger partial charge < -0.3 is 19.4 Å². The van der Waals surface area contributed by atoms with E-state index >= 15 is 0 Å². The Morgan fingerprint density at radius 2 is 2.12 bits per heavy atom. The van der Waals surface area contributed by atoms with E-state index in [1.165, 1.54) is 6.26 Å². The summed E-state index contributed by atoms with van der Waals surface area (Å²) < 4.78 is 11.6. The van der Waals surface area contributed by atoms with Crippen molar-refractivity contribution < 1.29 is 13.9 Å². The zero-order valence-electron chi connectivity index (χ0n) is 13.2. The maximum Gasteiger partial charge on any atom is 0.259 e. The van der Waals surface area contributed by atoms with E-state index in [-0.39, 0.29) is 5.91 Å². The molecule has 1 aliphatic rings. The number of carbonyl (C=O) groups excluding carboxylic acids is 1. The normalized spacial score (nSPS) is 15.0. The minimum atomic E-state index is -0.168. The summed E-state index contributed by atoms with van der Waals surface area (Å²) in [6.07, 6.45) is 1.52. The van der Waals surface area contributed by atoms with Gasteiger partial charge in [0.05, 0.1) is 35.3 Å². The zero-order valence-corrected chi connectivity index (χ0v) is 14.1. The number of hydrogen-bond acceptors (Lipinski definition) is 6. The highest BCUT2D eigenvalue weighted by molar-refractivity contribution is 7.22. The highest BCUT2D eigenvalue weighted by atomic mass is 32.1. The number of fused-ring (bicyclic) bond motifs is 1. The topological polar surface area (TPSA) is 67.6 Å². The minimum Gasteiger partial charge on any atom is -0.469 e. The van der Waals surface area contributed by atoms with Gasteiger partial charge in [-0.05, 0) is 31.2 Å². The van der Waals surface area contributed by atoms with Crippen molar-refractivity contribution in [1.29, 1.82) is 0 Å². The number of hydrogen-bond donors (Lipinski definition) is 1. The van der Waals surface area contributed by atoms with Crippen LogP contribution < -0.4 is 10.2 Å². The molecule has 3 aromatic rings. The number of thiazole rings is 1. The maximum absolute atomic E-state index is 12.3. The fourth-order valence-corrected chi connectivity index (χ4v) is 3.76. The van der Waals surface area contributed by atoms with Gasteiger partial charge in [-0.3, -0.25) is 4.79 Å². The van der Waals surface area contributed by atoms with Crippen LogP contribution in [-0.2, 0) is 4.74 Å². The standard InChI is InChI=1S/C17H17N3O3S/c1-11-13(4-7-23-11)16(21)18-12-2-3-14-15(10-12)24-17(19-14)20-5-8-22-9-6-20/h2-4,7,10H,5-6,8-9H2,1H3,(H,18,21). The first kappa shape index (κ1) is 15.2. The van der Waals surface area contributed by atoms with Crippen LogP contribution in [0.15, 0.2) is 34.9 Å². The molecular formula is C17H17N3O3S. The first-order chi connectivity index (χ1) is 11.7. The SMILES string of the molecule is Cc1occc1C(=O)Nc1ccc2nc(N3CCOCC3)sc2c1. The van der Waals surface area contributed by atoms with Crippen molar-refractivity contribution >= 4 is 38.3 Å². The van der Waals surface area contributed by atoms with Gasteiger partial charge in [0.15, 0.2) is 5.13 Å². The number of carbonyl (C=O) groups is 1. The van der Waals surface area contributed by atoms with E-state index in [0.29, 0.717) is 11.3 Å². The quantitative estimate of drug-likeness (QED) is 0.790. The molecule has 0 saturated carbocycles. The largest absolute Gasteiger partial charge is 0.469 e. The molecule has 0 aliphatic carbocycles. The average Bonchev–Trinajstić information content (AvgIpc) is 3.21. The van der Waals surface area contributed by atoms with Crippen molar-refractivity contribution in [1.82, 2.24) is 4.98 Å². The van der Waals surface area contributed by atoms with E-state index in [1.807, 2.05) is 18.2 Å². The Labute approximate surface area is 143 Å². The number of furan rings is 1. The lowest BCUT2D eigenvalue weighted by atomic mass is 10.2. The highest BCUT2D eigenvalue weighted by Gasteiger charge is 2.16. The molecular weight excluding hydrogens is 326 g/mol. The van der Waals surface area contributed by atoms with Gasteiger partial charge >= 0.3 is 0 Å². The van der Waals surface area contributed by atoms with Crippen molar-refractivity contribution in [2.75, 3.05) is 36.5 Å². The first-order valence-electron chi connectivity index (χ1n) is 7.79. The molecule has 0 atom stereocenters. The average molecular weight is 343 g/mol. The van der Waals surface area contributed by atoms with E-state index < -0.39 is 0 Å². The molecule has 3 heterocycles. The van der Waals surface area contributed by atoms with Crippen molar-refractivity contribution in [3.05, 3.63) is 41.9 Å². The van der Waals surface area contributed by atoms with Gasteiger partial charge in [-0.1, -0.05) is 11.3 Å². The van der Waals surface area contributed by atoms with Gasteiger partial charge in [0, 0.05) is 18.8 Å². The monoisotopic (exact) mass is 343 g/mol. The number of nitrogens with zero attached hydrogens (tertiary/aromatic N) is 2. The summed E-state index contributed by atoms with van der Waals surface area (Å²) in [6.45, 7) is 4.98. The highest BCUT2D eigenvalue weighted by Crippen LogP contribution is 2.31. The second kappa shape index (κ2) is 6.26. The van der Waals surface area contributed by atoms with Crippen LogP contribution in [0, 0.1) is 6.92 Å². The lowest BCUT2D eigenvalue weighted by Crippen LogP contribution is -2.36. The minimum absolute atomic E-state index is 0.168. The molecule has 24 heavy (non-hydrogen) atoms. The summed E-state index contributed by atoms with van der Waals surface area (Å²) in [5, 5.41) is 3.91. The second-order valence-corrected chi connectivity index (χ2v) is 6.63. The van der Waals surface area contributed by atoms with E-state index in [2.05, 4.69) is 15.2 Å². The van der Waals surface area contributed by atoms with Crippen molar-refractivity contribution in [2.24, 2.45) is 0 Å².